The van der Waals surface area contributed by atoms with Crippen LogP contribution in [0, 0.1) is 5.41 Å². The van der Waals surface area contributed by atoms with Crippen molar-refractivity contribution in [2.75, 3.05) is 13.6 Å². The lowest BCUT2D eigenvalue weighted by molar-refractivity contribution is 0.0745. The minimum Gasteiger partial charge on any atom is -0.341 e. The predicted octanol–water partition coefficient (Wildman–Crippen LogP) is 2.93. The second-order valence-corrected chi connectivity index (χ2v) is 10.3. The lowest BCUT2D eigenvalue weighted by Gasteiger charge is -2.26. The summed E-state index contributed by atoms with van der Waals surface area (Å²) in [6, 6.07) is 10.5. The van der Waals surface area contributed by atoms with Gasteiger partial charge in [-0.3, -0.25) is 9.59 Å². The number of amides is 2. The van der Waals surface area contributed by atoms with Gasteiger partial charge < -0.3 is 4.90 Å². The fraction of sp³-hybridized carbons (Fsp3) is 0.300. The number of hydrogen-bond acceptors (Lipinski definition) is 7. The highest BCUT2D eigenvalue weighted by atomic mass is 32.2. The van der Waals surface area contributed by atoms with Crippen LogP contribution in [-0.2, 0) is 10.0 Å². The number of carbonyl (C=O) groups is 2. The molecule has 158 valence electrons. The predicted molar refractivity (Wildman–Crippen MR) is 115 cm³/mol. The number of fused-ring (bicyclic) bond motifs is 1. The Bertz CT molecular complexity index is 1210. The van der Waals surface area contributed by atoms with Crippen molar-refractivity contribution in [2.24, 2.45) is 5.41 Å². The molecular weight excluding hydrogens is 424 g/mol. The molecule has 1 N–H and O–H groups in total. The molecule has 2 amide bonds. The van der Waals surface area contributed by atoms with E-state index in [1.807, 2.05) is 25.5 Å². The van der Waals surface area contributed by atoms with E-state index in [2.05, 4.69) is 8.75 Å². The molecule has 0 spiro atoms. The van der Waals surface area contributed by atoms with E-state index in [0.717, 1.165) is 11.7 Å². The lowest BCUT2D eigenvalue weighted by Crippen LogP contribution is -2.35. The fourth-order valence-corrected chi connectivity index (χ4v) is 4.77. The first-order valence-electron chi connectivity index (χ1n) is 9.12. The van der Waals surface area contributed by atoms with Crippen molar-refractivity contribution in [1.82, 2.24) is 18.4 Å². The molecule has 0 bridgehead atoms. The van der Waals surface area contributed by atoms with Crippen molar-refractivity contribution in [3.05, 3.63) is 53.6 Å². The quantitative estimate of drug-likeness (QED) is 0.645. The molecule has 0 aliphatic heterocycles. The van der Waals surface area contributed by atoms with Crippen LogP contribution in [-0.4, -0.2) is 47.5 Å². The average Bonchev–Trinajstić information content (AvgIpc) is 3.14. The zero-order valence-corrected chi connectivity index (χ0v) is 18.7. The monoisotopic (exact) mass is 446 g/mol. The Labute approximate surface area is 179 Å². The van der Waals surface area contributed by atoms with Crippen LogP contribution in [0.3, 0.4) is 0 Å². The third kappa shape index (κ3) is 4.82. The van der Waals surface area contributed by atoms with E-state index in [-0.39, 0.29) is 27.3 Å². The van der Waals surface area contributed by atoms with E-state index in [0.29, 0.717) is 17.6 Å². The van der Waals surface area contributed by atoms with Crippen LogP contribution >= 0.6 is 11.7 Å². The van der Waals surface area contributed by atoms with E-state index in [9.17, 15) is 18.0 Å². The minimum atomic E-state index is -4.17. The van der Waals surface area contributed by atoms with E-state index in [1.54, 1.807) is 30.1 Å². The summed E-state index contributed by atoms with van der Waals surface area (Å²) in [4.78, 5) is 26.8. The fourth-order valence-electron chi connectivity index (χ4n) is 3.03. The number of benzene rings is 2. The first-order chi connectivity index (χ1) is 14.0. The molecule has 0 saturated carbocycles. The van der Waals surface area contributed by atoms with Gasteiger partial charge in [-0.2, -0.15) is 8.75 Å². The molecule has 30 heavy (non-hydrogen) atoms. The zero-order valence-electron chi connectivity index (χ0n) is 17.0. The topological polar surface area (TPSA) is 109 Å². The Kier molecular flexibility index (Phi) is 5.91. The molecule has 10 heteroatoms. The average molecular weight is 447 g/mol. The summed E-state index contributed by atoms with van der Waals surface area (Å²) >= 11 is 0.891. The molecule has 0 radical (unpaired) electrons. The zero-order chi connectivity index (χ0) is 22.1. The van der Waals surface area contributed by atoms with Crippen molar-refractivity contribution >= 4 is 44.6 Å². The maximum Gasteiger partial charge on any atom is 0.266 e. The van der Waals surface area contributed by atoms with Gasteiger partial charge >= 0.3 is 0 Å². The van der Waals surface area contributed by atoms with Crippen LogP contribution < -0.4 is 4.72 Å². The Balaban J connectivity index is 1.83. The van der Waals surface area contributed by atoms with Crippen molar-refractivity contribution in [1.29, 1.82) is 0 Å². The summed E-state index contributed by atoms with van der Waals surface area (Å²) in [7, 11) is -2.48. The SMILES string of the molecule is CN(CC(C)(C)C)C(=O)c1cccc(C(=O)NS(=O)(=O)c2cccc3nsnc23)c1. The third-order valence-electron chi connectivity index (χ3n) is 4.20. The second kappa shape index (κ2) is 8.11. The first-order valence-corrected chi connectivity index (χ1v) is 11.3. The normalized spacial score (nSPS) is 12.0. The number of carbonyl (C=O) groups excluding carboxylic acids is 2. The molecule has 8 nitrogen and oxygen atoms in total. The van der Waals surface area contributed by atoms with E-state index >= 15 is 0 Å². The van der Waals surface area contributed by atoms with Crippen LogP contribution in [0.25, 0.3) is 11.0 Å². The van der Waals surface area contributed by atoms with Crippen LogP contribution in [0.2, 0.25) is 0 Å². The van der Waals surface area contributed by atoms with E-state index in [1.165, 1.54) is 24.3 Å². The standard InChI is InChI=1S/C20H22N4O4S2/c1-20(2,3)12-24(4)19(26)14-8-5-7-13(11-14)18(25)23-30(27,28)16-10-6-9-15-17(16)22-29-21-15/h5-11H,12H2,1-4H3,(H,23,25). The first kappa shape index (κ1) is 21.8. The number of sulfonamides is 1. The van der Waals surface area contributed by atoms with Crippen LogP contribution in [0.1, 0.15) is 41.5 Å². The van der Waals surface area contributed by atoms with Gasteiger partial charge in [0.05, 0.1) is 11.7 Å². The van der Waals surface area contributed by atoms with Crippen molar-refractivity contribution in [3.8, 4) is 0 Å². The molecule has 0 aliphatic rings. The van der Waals surface area contributed by atoms with Crippen molar-refractivity contribution in [3.63, 3.8) is 0 Å². The van der Waals surface area contributed by atoms with Gasteiger partial charge in [0.2, 0.25) is 0 Å². The number of aromatic nitrogens is 2. The molecule has 2 aromatic carbocycles. The van der Waals surface area contributed by atoms with Gasteiger partial charge in [0, 0.05) is 24.7 Å². The van der Waals surface area contributed by atoms with Crippen LogP contribution in [0.4, 0.5) is 0 Å². The Morgan fingerprint density at radius 1 is 1.07 bits per heavy atom. The van der Waals surface area contributed by atoms with Gasteiger partial charge in [-0.25, -0.2) is 13.1 Å². The summed E-state index contributed by atoms with van der Waals surface area (Å²) in [5.74, 6) is -1.08. The van der Waals surface area contributed by atoms with E-state index < -0.39 is 15.9 Å². The molecule has 0 saturated heterocycles. The highest BCUT2D eigenvalue weighted by Gasteiger charge is 2.24. The summed E-state index contributed by atoms with van der Waals surface area (Å²) < 4.78 is 35.5. The summed E-state index contributed by atoms with van der Waals surface area (Å²) in [6.45, 7) is 6.58. The lowest BCUT2D eigenvalue weighted by atomic mass is 9.96. The summed E-state index contributed by atoms with van der Waals surface area (Å²) in [6.07, 6.45) is 0. The van der Waals surface area contributed by atoms with Gasteiger partial charge in [0.15, 0.2) is 0 Å². The third-order valence-corrected chi connectivity index (χ3v) is 6.10. The number of hydrogen-bond donors (Lipinski definition) is 1. The van der Waals surface area contributed by atoms with Gasteiger partial charge in [-0.05, 0) is 35.7 Å². The Hall–Kier alpha value is -2.85. The van der Waals surface area contributed by atoms with Gasteiger partial charge in [0.25, 0.3) is 21.8 Å². The Morgan fingerprint density at radius 2 is 1.73 bits per heavy atom. The number of nitrogens with zero attached hydrogens (tertiary/aromatic N) is 3. The van der Waals surface area contributed by atoms with Gasteiger partial charge in [0.1, 0.15) is 15.9 Å². The van der Waals surface area contributed by atoms with Gasteiger partial charge in [-0.15, -0.1) is 0 Å². The van der Waals surface area contributed by atoms with Crippen LogP contribution in [0.15, 0.2) is 47.4 Å². The molecule has 0 aliphatic carbocycles. The molecule has 3 aromatic rings. The number of nitrogens with one attached hydrogen (secondary N) is 1. The second-order valence-electron chi connectivity index (χ2n) is 8.13. The molecule has 0 fully saturated rings. The van der Waals surface area contributed by atoms with E-state index in [4.69, 9.17) is 0 Å². The maximum absolute atomic E-state index is 12.7. The highest BCUT2D eigenvalue weighted by molar-refractivity contribution is 7.90. The molecule has 3 rings (SSSR count). The molecule has 1 aromatic heterocycles. The molecule has 0 atom stereocenters. The summed E-state index contributed by atoms with van der Waals surface area (Å²) in [5.41, 5.74) is 0.925. The Morgan fingerprint density at radius 3 is 2.43 bits per heavy atom. The minimum absolute atomic E-state index is 0.0668. The van der Waals surface area contributed by atoms with Gasteiger partial charge in [-0.1, -0.05) is 32.9 Å². The molecule has 1 heterocycles. The summed E-state index contributed by atoms with van der Waals surface area (Å²) in [5, 5.41) is 0. The number of rotatable bonds is 5. The van der Waals surface area contributed by atoms with Crippen molar-refractivity contribution in [2.45, 2.75) is 25.7 Å². The molecular formula is C20H22N4O4S2. The van der Waals surface area contributed by atoms with Crippen LogP contribution in [0.5, 0.6) is 0 Å². The highest BCUT2D eigenvalue weighted by Crippen LogP contribution is 2.21. The van der Waals surface area contributed by atoms with Crippen molar-refractivity contribution < 1.29 is 18.0 Å². The smallest absolute Gasteiger partial charge is 0.266 e. The molecule has 0 unspecified atom stereocenters. The largest absolute Gasteiger partial charge is 0.341 e. The maximum atomic E-state index is 12.7.